The summed E-state index contributed by atoms with van der Waals surface area (Å²) in [6.07, 6.45) is -4.85. The fraction of sp³-hybridized carbons (Fsp3) is 0.357. The summed E-state index contributed by atoms with van der Waals surface area (Å²) in [6.45, 7) is 7.71. The molecule has 1 N–H and O–H groups in total. The quantitative estimate of drug-likeness (QED) is 0.136. The van der Waals surface area contributed by atoms with Crippen LogP contribution in [-0.2, 0) is 30.5 Å². The molecule has 7 nitrogen and oxygen atoms in total. The first kappa shape index (κ1) is 33.4. The first-order chi connectivity index (χ1) is 19.0. The van der Waals surface area contributed by atoms with Crippen LogP contribution >= 0.6 is 0 Å². The van der Waals surface area contributed by atoms with Gasteiger partial charge in [-0.15, -0.1) is 0 Å². The van der Waals surface area contributed by atoms with Gasteiger partial charge in [0.2, 0.25) is 0 Å². The molecule has 3 aromatic carbocycles. The Balaban J connectivity index is 0.000000536. The highest BCUT2D eigenvalue weighted by molar-refractivity contribution is 7.97. The maximum atomic E-state index is 11.0. The summed E-state index contributed by atoms with van der Waals surface area (Å²) in [7, 11) is -5.12. The highest BCUT2D eigenvalue weighted by atomic mass is 32.2. The van der Waals surface area contributed by atoms with E-state index in [4.69, 9.17) is 23.5 Å². The highest BCUT2D eigenvalue weighted by Gasteiger charge is 2.34. The van der Waals surface area contributed by atoms with E-state index in [1.807, 2.05) is 38.1 Å². The second-order valence-corrected chi connectivity index (χ2v) is 11.5. The molecule has 12 heteroatoms. The van der Waals surface area contributed by atoms with E-state index in [0.717, 1.165) is 11.5 Å². The summed E-state index contributed by atoms with van der Waals surface area (Å²) in [5.41, 5.74) is 0. The predicted octanol–water partition coefficient (Wildman–Crippen LogP) is 6.05. The molecule has 40 heavy (non-hydrogen) atoms. The van der Waals surface area contributed by atoms with Crippen molar-refractivity contribution < 1.29 is 45.1 Å². The molecular formula is C28H34F3O7S2+. The second-order valence-electron chi connectivity index (χ2n) is 7.99. The summed E-state index contributed by atoms with van der Waals surface area (Å²) in [6, 6.07) is 27.3. The molecule has 0 fully saturated rings. The SMILES string of the molecule is CCOCCOc1ccc([S+](c2ccccc2)c2ccc(OCCOCC)cc2)cc1.O=S(=O)(O)CC(F)(F)F. The molecule has 0 aliphatic heterocycles. The van der Waals surface area contributed by atoms with Gasteiger partial charge in [-0.05, 0) is 74.5 Å². The second kappa shape index (κ2) is 17.1. The van der Waals surface area contributed by atoms with Crippen molar-refractivity contribution in [2.75, 3.05) is 45.4 Å². The number of benzene rings is 3. The molecule has 0 amide bonds. The lowest BCUT2D eigenvalue weighted by Gasteiger charge is -2.11. The van der Waals surface area contributed by atoms with E-state index >= 15 is 0 Å². The van der Waals surface area contributed by atoms with Crippen molar-refractivity contribution in [3.63, 3.8) is 0 Å². The minimum absolute atomic E-state index is 0.209. The third kappa shape index (κ3) is 13.5. The summed E-state index contributed by atoms with van der Waals surface area (Å²) >= 11 is 0. The Bertz CT molecular complexity index is 1150. The molecule has 0 aliphatic rings. The average Bonchev–Trinajstić information content (AvgIpc) is 2.90. The van der Waals surface area contributed by atoms with Crippen LogP contribution in [0.4, 0.5) is 13.2 Å². The smallest absolute Gasteiger partial charge is 0.405 e. The van der Waals surface area contributed by atoms with Crippen LogP contribution in [-0.4, -0.2) is 64.5 Å². The first-order valence-electron chi connectivity index (χ1n) is 12.4. The monoisotopic (exact) mass is 603 g/mol. The predicted molar refractivity (Wildman–Crippen MR) is 148 cm³/mol. The van der Waals surface area contributed by atoms with Crippen LogP contribution in [0.25, 0.3) is 0 Å². The van der Waals surface area contributed by atoms with E-state index in [-0.39, 0.29) is 10.9 Å². The van der Waals surface area contributed by atoms with Gasteiger partial charge in [-0.3, -0.25) is 4.55 Å². The topological polar surface area (TPSA) is 91.3 Å². The van der Waals surface area contributed by atoms with Crippen LogP contribution in [0.2, 0.25) is 0 Å². The molecule has 3 aromatic rings. The number of ether oxygens (including phenoxy) is 4. The van der Waals surface area contributed by atoms with E-state index in [1.54, 1.807) is 0 Å². The van der Waals surface area contributed by atoms with Crippen LogP contribution in [0.5, 0.6) is 11.5 Å². The molecule has 0 bridgehead atoms. The van der Waals surface area contributed by atoms with Gasteiger partial charge in [-0.25, -0.2) is 0 Å². The lowest BCUT2D eigenvalue weighted by molar-refractivity contribution is -0.107. The van der Waals surface area contributed by atoms with Gasteiger partial charge in [-0.1, -0.05) is 18.2 Å². The molecule has 0 unspecified atom stereocenters. The third-order valence-corrected chi connectivity index (χ3v) is 7.77. The van der Waals surface area contributed by atoms with Crippen molar-refractivity contribution in [3.05, 3.63) is 78.9 Å². The molecule has 0 radical (unpaired) electrons. The number of alkyl halides is 3. The van der Waals surface area contributed by atoms with Gasteiger partial charge in [0, 0.05) is 13.2 Å². The van der Waals surface area contributed by atoms with E-state index in [0.29, 0.717) is 39.6 Å². The minimum Gasteiger partial charge on any atom is -0.491 e. The van der Waals surface area contributed by atoms with Crippen molar-refractivity contribution in [1.82, 2.24) is 0 Å². The zero-order chi connectivity index (χ0) is 29.4. The zero-order valence-corrected chi connectivity index (χ0v) is 23.9. The van der Waals surface area contributed by atoms with Gasteiger partial charge in [0.25, 0.3) is 10.1 Å². The standard InChI is InChI=1S/C26H31O4S.C2H3F3O3S/c1-3-27-18-20-29-22-10-14-25(15-11-22)31(24-8-6-5-7-9-24)26-16-12-23(13-17-26)30-21-19-28-4-2;3-2(4,5)1-9(6,7)8/h5-17H,3-4,18-21H2,1-2H3;1H2,(H,6,7,8)/q+1;. The molecule has 220 valence electrons. The number of rotatable bonds is 14. The number of hydrogen-bond acceptors (Lipinski definition) is 6. The lowest BCUT2D eigenvalue weighted by Crippen LogP contribution is -2.21. The Morgan fingerprint density at radius 1 is 0.675 bits per heavy atom. The van der Waals surface area contributed by atoms with E-state index in [2.05, 4.69) is 54.6 Å². The summed E-state index contributed by atoms with van der Waals surface area (Å²) in [5.74, 6) is -0.462. The molecule has 3 rings (SSSR count). The molecule has 0 heterocycles. The summed E-state index contributed by atoms with van der Waals surface area (Å²) in [4.78, 5) is 3.76. The Labute approximate surface area is 236 Å². The van der Waals surface area contributed by atoms with Gasteiger partial charge < -0.3 is 18.9 Å². The average molecular weight is 604 g/mol. The molecule has 0 aromatic heterocycles. The van der Waals surface area contributed by atoms with E-state index < -0.39 is 22.0 Å². The minimum atomic E-state index is -4.91. The van der Waals surface area contributed by atoms with Crippen molar-refractivity contribution in [1.29, 1.82) is 0 Å². The maximum Gasteiger partial charge on any atom is 0.405 e. The largest absolute Gasteiger partial charge is 0.491 e. The Morgan fingerprint density at radius 3 is 1.40 bits per heavy atom. The summed E-state index contributed by atoms with van der Waals surface area (Å²) < 4.78 is 81.8. The molecule has 0 spiro atoms. The first-order valence-corrected chi connectivity index (χ1v) is 15.3. The molecule has 0 saturated heterocycles. The van der Waals surface area contributed by atoms with Crippen LogP contribution in [0, 0.1) is 0 Å². The maximum absolute atomic E-state index is 11.0. The molecule has 0 atom stereocenters. The Kier molecular flexibility index (Phi) is 14.3. The van der Waals surface area contributed by atoms with Crippen LogP contribution in [0.15, 0.2) is 93.5 Å². The fourth-order valence-electron chi connectivity index (χ4n) is 3.24. The Morgan fingerprint density at radius 2 is 1.07 bits per heavy atom. The number of hydrogen-bond donors (Lipinski definition) is 1. The van der Waals surface area contributed by atoms with Gasteiger partial charge >= 0.3 is 6.18 Å². The third-order valence-electron chi connectivity index (χ3n) is 4.84. The van der Waals surface area contributed by atoms with Crippen molar-refractivity contribution in [3.8, 4) is 11.5 Å². The molecule has 0 aliphatic carbocycles. The van der Waals surface area contributed by atoms with Gasteiger partial charge in [0.15, 0.2) is 20.4 Å². The van der Waals surface area contributed by atoms with Crippen molar-refractivity contribution >= 4 is 21.0 Å². The van der Waals surface area contributed by atoms with E-state index in [9.17, 15) is 21.6 Å². The van der Waals surface area contributed by atoms with E-state index in [1.165, 1.54) is 14.7 Å². The van der Waals surface area contributed by atoms with Gasteiger partial charge in [0.1, 0.15) is 24.7 Å². The molecular weight excluding hydrogens is 569 g/mol. The van der Waals surface area contributed by atoms with Crippen LogP contribution in [0.3, 0.4) is 0 Å². The number of halogens is 3. The lowest BCUT2D eigenvalue weighted by atomic mass is 10.3. The van der Waals surface area contributed by atoms with Gasteiger partial charge in [-0.2, -0.15) is 21.6 Å². The normalized spacial score (nSPS) is 11.6. The summed E-state index contributed by atoms with van der Waals surface area (Å²) in [5, 5.41) is 0. The zero-order valence-electron chi connectivity index (χ0n) is 22.3. The van der Waals surface area contributed by atoms with Crippen LogP contribution < -0.4 is 9.47 Å². The van der Waals surface area contributed by atoms with Gasteiger partial charge in [0.05, 0.1) is 24.1 Å². The van der Waals surface area contributed by atoms with Crippen molar-refractivity contribution in [2.45, 2.75) is 34.7 Å². The fourth-order valence-corrected chi connectivity index (χ4v) is 5.72. The van der Waals surface area contributed by atoms with Crippen molar-refractivity contribution in [2.24, 2.45) is 0 Å². The van der Waals surface area contributed by atoms with Crippen LogP contribution in [0.1, 0.15) is 13.8 Å². The molecule has 0 saturated carbocycles. The Hall–Kier alpha value is -2.77. The highest BCUT2D eigenvalue weighted by Crippen LogP contribution is 2.33.